The van der Waals surface area contributed by atoms with Gasteiger partial charge in [-0.25, -0.2) is 4.98 Å². The summed E-state index contributed by atoms with van der Waals surface area (Å²) in [7, 11) is 0. The molecular weight excluding hydrogens is 264 g/mol. The maximum Gasteiger partial charge on any atom is 0.143 e. The fourth-order valence-electron chi connectivity index (χ4n) is 2.30. The van der Waals surface area contributed by atoms with Gasteiger partial charge in [0.05, 0.1) is 4.47 Å². The van der Waals surface area contributed by atoms with Gasteiger partial charge in [0.1, 0.15) is 5.82 Å². The van der Waals surface area contributed by atoms with Gasteiger partial charge in [-0.15, -0.1) is 0 Å². The third-order valence-corrected chi connectivity index (χ3v) is 4.54. The van der Waals surface area contributed by atoms with Crippen LogP contribution in [0.5, 0.6) is 0 Å². The SMILES string of the molecule is CCC1CCN(c2nccc(C)c2Br)CC1. The van der Waals surface area contributed by atoms with Crippen LogP contribution in [0, 0.1) is 12.8 Å². The normalized spacial score (nSPS) is 17.8. The fourth-order valence-corrected chi connectivity index (χ4v) is 2.78. The Morgan fingerprint density at radius 3 is 2.75 bits per heavy atom. The Bertz CT molecular complexity index is 357. The number of pyridine rings is 1. The zero-order valence-electron chi connectivity index (χ0n) is 10.0. The van der Waals surface area contributed by atoms with Gasteiger partial charge in [0, 0.05) is 19.3 Å². The van der Waals surface area contributed by atoms with Crippen LogP contribution in [-0.4, -0.2) is 18.1 Å². The van der Waals surface area contributed by atoms with E-state index in [-0.39, 0.29) is 0 Å². The van der Waals surface area contributed by atoms with Crippen LogP contribution in [0.1, 0.15) is 31.7 Å². The minimum Gasteiger partial charge on any atom is -0.356 e. The summed E-state index contributed by atoms with van der Waals surface area (Å²) >= 11 is 3.64. The molecule has 1 saturated heterocycles. The number of rotatable bonds is 2. The second-order valence-electron chi connectivity index (χ2n) is 4.60. The second kappa shape index (κ2) is 5.17. The highest BCUT2D eigenvalue weighted by atomic mass is 79.9. The van der Waals surface area contributed by atoms with E-state index in [1.54, 1.807) is 0 Å². The molecule has 0 aromatic carbocycles. The molecule has 0 saturated carbocycles. The van der Waals surface area contributed by atoms with E-state index in [9.17, 15) is 0 Å². The molecule has 88 valence electrons. The third kappa shape index (κ3) is 2.40. The second-order valence-corrected chi connectivity index (χ2v) is 5.40. The molecule has 0 aliphatic carbocycles. The summed E-state index contributed by atoms with van der Waals surface area (Å²) in [6.45, 7) is 6.70. The van der Waals surface area contributed by atoms with E-state index in [2.05, 4.69) is 39.7 Å². The third-order valence-electron chi connectivity index (χ3n) is 3.56. The molecule has 0 radical (unpaired) electrons. The van der Waals surface area contributed by atoms with E-state index in [4.69, 9.17) is 0 Å². The molecule has 0 atom stereocenters. The molecule has 0 amide bonds. The summed E-state index contributed by atoms with van der Waals surface area (Å²) in [6, 6.07) is 2.05. The van der Waals surface area contributed by atoms with Crippen molar-refractivity contribution in [2.75, 3.05) is 18.0 Å². The number of halogens is 1. The van der Waals surface area contributed by atoms with Crippen molar-refractivity contribution in [2.45, 2.75) is 33.1 Å². The summed E-state index contributed by atoms with van der Waals surface area (Å²) in [5.74, 6) is 2.04. The number of hydrogen-bond donors (Lipinski definition) is 0. The first kappa shape index (κ1) is 11.9. The van der Waals surface area contributed by atoms with Gasteiger partial charge in [-0.05, 0) is 53.2 Å². The highest BCUT2D eigenvalue weighted by Crippen LogP contribution is 2.30. The van der Waals surface area contributed by atoms with Gasteiger partial charge in [0.25, 0.3) is 0 Å². The molecule has 2 rings (SSSR count). The first-order chi connectivity index (χ1) is 7.72. The quantitative estimate of drug-likeness (QED) is 0.821. The zero-order valence-corrected chi connectivity index (χ0v) is 11.6. The molecule has 1 aromatic heterocycles. The zero-order chi connectivity index (χ0) is 11.5. The lowest BCUT2D eigenvalue weighted by atomic mass is 9.94. The van der Waals surface area contributed by atoms with E-state index in [0.29, 0.717) is 0 Å². The Hall–Kier alpha value is -0.570. The van der Waals surface area contributed by atoms with Crippen molar-refractivity contribution in [3.8, 4) is 0 Å². The predicted molar refractivity (Wildman–Crippen MR) is 71.9 cm³/mol. The molecule has 0 bridgehead atoms. The molecule has 1 fully saturated rings. The number of piperidine rings is 1. The van der Waals surface area contributed by atoms with Crippen LogP contribution in [0.3, 0.4) is 0 Å². The minimum atomic E-state index is 0.917. The Labute approximate surface area is 106 Å². The average molecular weight is 283 g/mol. The monoisotopic (exact) mass is 282 g/mol. The van der Waals surface area contributed by atoms with Crippen molar-refractivity contribution in [1.29, 1.82) is 0 Å². The van der Waals surface area contributed by atoms with Crippen molar-refractivity contribution in [2.24, 2.45) is 5.92 Å². The molecule has 3 heteroatoms. The van der Waals surface area contributed by atoms with Gasteiger partial charge < -0.3 is 4.90 Å². The maximum absolute atomic E-state index is 4.49. The molecule has 0 unspecified atom stereocenters. The van der Waals surface area contributed by atoms with Gasteiger partial charge in [-0.3, -0.25) is 0 Å². The number of hydrogen-bond acceptors (Lipinski definition) is 2. The summed E-state index contributed by atoms with van der Waals surface area (Å²) < 4.78 is 1.16. The maximum atomic E-state index is 4.49. The molecule has 2 nitrogen and oxygen atoms in total. The van der Waals surface area contributed by atoms with E-state index >= 15 is 0 Å². The van der Waals surface area contributed by atoms with Crippen LogP contribution in [0.2, 0.25) is 0 Å². The van der Waals surface area contributed by atoms with Crippen molar-refractivity contribution in [3.05, 3.63) is 22.3 Å². The van der Waals surface area contributed by atoms with Crippen LogP contribution >= 0.6 is 15.9 Å². The number of nitrogens with zero attached hydrogens (tertiary/aromatic N) is 2. The highest BCUT2D eigenvalue weighted by molar-refractivity contribution is 9.10. The first-order valence-electron chi connectivity index (χ1n) is 6.08. The molecule has 1 aliphatic heterocycles. The van der Waals surface area contributed by atoms with Crippen molar-refractivity contribution in [3.63, 3.8) is 0 Å². The van der Waals surface area contributed by atoms with Gasteiger partial charge in [0.15, 0.2) is 0 Å². The van der Waals surface area contributed by atoms with Gasteiger partial charge in [-0.2, -0.15) is 0 Å². The Balaban J connectivity index is 2.11. The van der Waals surface area contributed by atoms with E-state index < -0.39 is 0 Å². The highest BCUT2D eigenvalue weighted by Gasteiger charge is 2.20. The van der Waals surface area contributed by atoms with Crippen molar-refractivity contribution < 1.29 is 0 Å². The Kier molecular flexibility index (Phi) is 3.85. The van der Waals surface area contributed by atoms with Crippen LogP contribution in [0.15, 0.2) is 16.7 Å². The fraction of sp³-hybridized carbons (Fsp3) is 0.615. The molecule has 16 heavy (non-hydrogen) atoms. The number of aromatic nitrogens is 1. The predicted octanol–water partition coefficient (Wildman–Crippen LogP) is 3.78. The van der Waals surface area contributed by atoms with Crippen LogP contribution in [-0.2, 0) is 0 Å². The summed E-state index contributed by atoms with van der Waals surface area (Å²) in [4.78, 5) is 6.90. The van der Waals surface area contributed by atoms with Crippen LogP contribution in [0.4, 0.5) is 5.82 Å². The smallest absolute Gasteiger partial charge is 0.143 e. The summed E-state index contributed by atoms with van der Waals surface area (Å²) in [5.41, 5.74) is 1.27. The lowest BCUT2D eigenvalue weighted by Crippen LogP contribution is -2.34. The molecular formula is C13H19BrN2. The summed E-state index contributed by atoms with van der Waals surface area (Å²) in [5, 5.41) is 0. The van der Waals surface area contributed by atoms with E-state index in [0.717, 1.165) is 29.3 Å². The molecule has 0 N–H and O–H groups in total. The van der Waals surface area contributed by atoms with Crippen LogP contribution in [0.25, 0.3) is 0 Å². The number of aryl methyl sites for hydroxylation is 1. The lowest BCUT2D eigenvalue weighted by Gasteiger charge is -2.33. The molecule has 1 aromatic rings. The van der Waals surface area contributed by atoms with E-state index in [1.807, 2.05) is 12.3 Å². The van der Waals surface area contributed by atoms with Crippen LogP contribution < -0.4 is 4.90 Å². The van der Waals surface area contributed by atoms with E-state index in [1.165, 1.54) is 24.8 Å². The molecule has 2 heterocycles. The first-order valence-corrected chi connectivity index (χ1v) is 6.87. The van der Waals surface area contributed by atoms with Gasteiger partial charge in [-0.1, -0.05) is 13.3 Å². The van der Waals surface area contributed by atoms with Crippen molar-refractivity contribution in [1.82, 2.24) is 4.98 Å². The Morgan fingerprint density at radius 1 is 1.44 bits per heavy atom. The number of anilines is 1. The topological polar surface area (TPSA) is 16.1 Å². The van der Waals surface area contributed by atoms with Gasteiger partial charge in [0.2, 0.25) is 0 Å². The molecule has 0 spiro atoms. The standard InChI is InChI=1S/C13H19BrN2/c1-3-11-5-8-16(9-6-11)13-12(14)10(2)4-7-15-13/h4,7,11H,3,5-6,8-9H2,1-2H3. The largest absolute Gasteiger partial charge is 0.356 e. The minimum absolute atomic E-state index is 0.917. The molecule has 1 aliphatic rings. The average Bonchev–Trinajstić information content (AvgIpc) is 2.33. The Morgan fingerprint density at radius 2 is 2.12 bits per heavy atom. The lowest BCUT2D eigenvalue weighted by molar-refractivity contribution is 0.393. The van der Waals surface area contributed by atoms with Gasteiger partial charge >= 0.3 is 0 Å². The summed E-state index contributed by atoms with van der Waals surface area (Å²) in [6.07, 6.45) is 5.83. The van der Waals surface area contributed by atoms with Crippen molar-refractivity contribution >= 4 is 21.7 Å².